The Hall–Kier alpha value is -4.06. The number of aryl methyl sites for hydroxylation is 3. The predicted molar refractivity (Wildman–Crippen MR) is 130 cm³/mol. The molecular formula is C27H26N2O4. The van der Waals surface area contributed by atoms with Gasteiger partial charge in [0.1, 0.15) is 5.70 Å². The Balaban J connectivity index is 1.90. The summed E-state index contributed by atoms with van der Waals surface area (Å²) in [5.74, 6) is 0.218. The molecule has 1 aliphatic heterocycles. The van der Waals surface area contributed by atoms with Crippen LogP contribution in [0.25, 0.3) is 5.57 Å². The van der Waals surface area contributed by atoms with E-state index in [-0.39, 0.29) is 11.3 Å². The predicted octanol–water partition coefficient (Wildman–Crippen LogP) is 5.03. The molecule has 6 nitrogen and oxygen atoms in total. The van der Waals surface area contributed by atoms with Gasteiger partial charge < -0.3 is 14.8 Å². The number of benzene rings is 3. The van der Waals surface area contributed by atoms with Crippen molar-refractivity contribution in [2.24, 2.45) is 0 Å². The number of carbonyl (C=O) groups excluding carboxylic acids is 2. The fourth-order valence-electron chi connectivity index (χ4n) is 3.94. The third-order valence-electron chi connectivity index (χ3n) is 5.77. The van der Waals surface area contributed by atoms with Crippen LogP contribution < -0.4 is 19.7 Å². The minimum absolute atomic E-state index is 0.226. The summed E-state index contributed by atoms with van der Waals surface area (Å²) in [6.07, 6.45) is 0. The number of hydrogen-bond donors (Lipinski definition) is 1. The van der Waals surface area contributed by atoms with Gasteiger partial charge in [-0.25, -0.2) is 4.90 Å². The van der Waals surface area contributed by atoms with Crippen molar-refractivity contribution in [1.82, 2.24) is 0 Å². The van der Waals surface area contributed by atoms with Gasteiger partial charge in [0, 0.05) is 5.69 Å². The van der Waals surface area contributed by atoms with Gasteiger partial charge in [-0.3, -0.25) is 9.59 Å². The van der Waals surface area contributed by atoms with Gasteiger partial charge in [-0.15, -0.1) is 0 Å². The van der Waals surface area contributed by atoms with Gasteiger partial charge in [-0.2, -0.15) is 0 Å². The van der Waals surface area contributed by atoms with E-state index in [9.17, 15) is 9.59 Å². The molecule has 0 atom stereocenters. The number of ether oxygens (including phenoxy) is 2. The smallest absolute Gasteiger partial charge is 0.282 e. The van der Waals surface area contributed by atoms with Crippen LogP contribution in [-0.2, 0) is 9.59 Å². The number of carbonyl (C=O) groups is 2. The highest BCUT2D eigenvalue weighted by molar-refractivity contribution is 6.46. The van der Waals surface area contributed by atoms with Crippen LogP contribution in [0.2, 0.25) is 0 Å². The summed E-state index contributed by atoms with van der Waals surface area (Å²) in [4.78, 5) is 28.6. The van der Waals surface area contributed by atoms with Crippen LogP contribution in [0.1, 0.15) is 22.3 Å². The summed E-state index contributed by atoms with van der Waals surface area (Å²) in [5.41, 5.74) is 5.25. The van der Waals surface area contributed by atoms with Gasteiger partial charge in [-0.1, -0.05) is 36.4 Å². The molecule has 6 heteroatoms. The summed E-state index contributed by atoms with van der Waals surface area (Å²) in [5, 5.41) is 3.26. The summed E-state index contributed by atoms with van der Waals surface area (Å²) < 4.78 is 10.8. The number of anilines is 2. The standard InChI is InChI=1S/C27H26N2O4/c1-16-10-11-17(2)20(14-16)28-25-24(19-12-13-22(32-4)23(15-19)33-5)26(30)29(27(25)31)21-9-7-6-8-18(21)3/h6-15,28H,1-5H3. The Morgan fingerprint density at radius 1 is 0.758 bits per heavy atom. The van der Waals surface area contributed by atoms with E-state index in [1.165, 1.54) is 12.0 Å². The van der Waals surface area contributed by atoms with Crippen LogP contribution in [-0.4, -0.2) is 26.0 Å². The van der Waals surface area contributed by atoms with Gasteiger partial charge in [0.2, 0.25) is 0 Å². The molecule has 0 saturated carbocycles. The van der Waals surface area contributed by atoms with Crippen molar-refractivity contribution in [3.8, 4) is 11.5 Å². The fraction of sp³-hybridized carbons (Fsp3) is 0.185. The van der Waals surface area contributed by atoms with E-state index in [2.05, 4.69) is 5.32 Å². The quantitative estimate of drug-likeness (QED) is 0.543. The Morgan fingerprint density at radius 2 is 1.48 bits per heavy atom. The topological polar surface area (TPSA) is 67.9 Å². The normalized spacial score (nSPS) is 13.5. The average Bonchev–Trinajstić information content (AvgIpc) is 3.05. The lowest BCUT2D eigenvalue weighted by Gasteiger charge is -2.18. The van der Waals surface area contributed by atoms with Crippen LogP contribution in [0.3, 0.4) is 0 Å². The molecule has 0 fully saturated rings. The first-order chi connectivity index (χ1) is 15.8. The molecule has 3 aromatic rings. The van der Waals surface area contributed by atoms with Crippen molar-refractivity contribution < 1.29 is 19.1 Å². The van der Waals surface area contributed by atoms with Crippen LogP contribution >= 0.6 is 0 Å². The third kappa shape index (κ3) is 3.96. The number of methoxy groups -OCH3 is 2. The zero-order valence-corrected chi connectivity index (χ0v) is 19.4. The Kier molecular flexibility index (Phi) is 5.92. The van der Waals surface area contributed by atoms with E-state index < -0.39 is 11.8 Å². The lowest BCUT2D eigenvalue weighted by atomic mass is 10.0. The van der Waals surface area contributed by atoms with E-state index >= 15 is 0 Å². The van der Waals surface area contributed by atoms with Gasteiger partial charge in [0.25, 0.3) is 11.8 Å². The first-order valence-electron chi connectivity index (χ1n) is 10.6. The lowest BCUT2D eigenvalue weighted by Crippen LogP contribution is -2.33. The highest BCUT2D eigenvalue weighted by Crippen LogP contribution is 2.38. The van der Waals surface area contributed by atoms with Gasteiger partial charge in [0.05, 0.1) is 25.5 Å². The van der Waals surface area contributed by atoms with Gasteiger partial charge in [-0.05, 0) is 67.3 Å². The lowest BCUT2D eigenvalue weighted by molar-refractivity contribution is -0.120. The van der Waals surface area contributed by atoms with Crippen molar-refractivity contribution in [1.29, 1.82) is 0 Å². The number of nitrogens with one attached hydrogen (secondary N) is 1. The second-order valence-corrected chi connectivity index (χ2v) is 8.00. The molecule has 1 aliphatic rings. The number of nitrogens with zero attached hydrogens (tertiary/aromatic N) is 1. The van der Waals surface area contributed by atoms with Gasteiger partial charge in [0.15, 0.2) is 11.5 Å². The minimum atomic E-state index is -0.403. The number of para-hydroxylation sites is 1. The number of hydrogen-bond acceptors (Lipinski definition) is 5. The van der Waals surface area contributed by atoms with E-state index in [0.717, 1.165) is 22.4 Å². The van der Waals surface area contributed by atoms with Gasteiger partial charge >= 0.3 is 0 Å². The summed E-state index contributed by atoms with van der Waals surface area (Å²) >= 11 is 0. The van der Waals surface area contributed by atoms with Crippen molar-refractivity contribution >= 4 is 28.8 Å². The van der Waals surface area contributed by atoms with Crippen LogP contribution in [0.4, 0.5) is 11.4 Å². The van der Waals surface area contributed by atoms with Crippen molar-refractivity contribution in [3.05, 3.63) is 88.6 Å². The fourth-order valence-corrected chi connectivity index (χ4v) is 3.94. The molecule has 2 amide bonds. The van der Waals surface area contributed by atoms with Crippen LogP contribution in [0.5, 0.6) is 11.5 Å². The molecule has 0 aliphatic carbocycles. The molecule has 0 bridgehead atoms. The monoisotopic (exact) mass is 442 g/mol. The maximum Gasteiger partial charge on any atom is 0.282 e. The van der Waals surface area contributed by atoms with Crippen molar-refractivity contribution in [3.63, 3.8) is 0 Å². The first-order valence-corrected chi connectivity index (χ1v) is 10.6. The zero-order valence-electron chi connectivity index (χ0n) is 19.4. The maximum absolute atomic E-state index is 13.7. The molecule has 0 spiro atoms. The molecule has 1 N–H and O–H groups in total. The van der Waals surface area contributed by atoms with E-state index in [0.29, 0.717) is 22.7 Å². The third-order valence-corrected chi connectivity index (χ3v) is 5.77. The number of rotatable bonds is 6. The highest BCUT2D eigenvalue weighted by Gasteiger charge is 2.41. The molecule has 3 aromatic carbocycles. The Morgan fingerprint density at radius 3 is 2.18 bits per heavy atom. The van der Waals surface area contributed by atoms with Crippen molar-refractivity contribution in [2.45, 2.75) is 20.8 Å². The molecule has 168 valence electrons. The Labute approximate surface area is 193 Å². The molecule has 0 unspecified atom stereocenters. The van der Waals surface area contributed by atoms with E-state index in [1.807, 2.05) is 57.2 Å². The summed E-state index contributed by atoms with van der Waals surface area (Å²) in [6.45, 7) is 5.82. The first kappa shape index (κ1) is 22.1. The molecule has 33 heavy (non-hydrogen) atoms. The Bertz CT molecular complexity index is 1290. The second-order valence-electron chi connectivity index (χ2n) is 8.00. The molecule has 1 heterocycles. The largest absolute Gasteiger partial charge is 0.493 e. The maximum atomic E-state index is 13.7. The van der Waals surface area contributed by atoms with Crippen LogP contribution in [0, 0.1) is 20.8 Å². The number of amides is 2. The molecule has 4 rings (SSSR count). The average molecular weight is 443 g/mol. The molecule has 0 radical (unpaired) electrons. The molecular weight excluding hydrogens is 416 g/mol. The number of imide groups is 1. The van der Waals surface area contributed by atoms with E-state index in [4.69, 9.17) is 9.47 Å². The summed E-state index contributed by atoms with van der Waals surface area (Å²) in [7, 11) is 3.08. The summed E-state index contributed by atoms with van der Waals surface area (Å²) in [6, 6.07) is 18.5. The highest BCUT2D eigenvalue weighted by atomic mass is 16.5. The second kappa shape index (κ2) is 8.82. The molecule has 0 saturated heterocycles. The van der Waals surface area contributed by atoms with E-state index in [1.54, 1.807) is 31.4 Å². The van der Waals surface area contributed by atoms with Crippen LogP contribution in [0.15, 0.2) is 66.4 Å². The minimum Gasteiger partial charge on any atom is -0.493 e. The molecule has 0 aromatic heterocycles. The zero-order chi connectivity index (χ0) is 23.7. The SMILES string of the molecule is COc1ccc(C2=C(Nc3cc(C)ccc3C)C(=O)N(c3ccccc3C)C2=O)cc1OC. The van der Waals surface area contributed by atoms with Crippen molar-refractivity contribution in [2.75, 3.05) is 24.4 Å².